The van der Waals surface area contributed by atoms with Crippen molar-refractivity contribution in [3.05, 3.63) is 17.5 Å². The fraction of sp³-hybridized carbons (Fsp3) is 0.625. The van der Waals surface area contributed by atoms with Gasteiger partial charge in [-0.15, -0.1) is 0 Å². The van der Waals surface area contributed by atoms with Crippen molar-refractivity contribution in [2.24, 2.45) is 0 Å². The maximum atomic E-state index is 9.58. The van der Waals surface area contributed by atoms with E-state index in [4.69, 9.17) is 0 Å². The van der Waals surface area contributed by atoms with Crippen LogP contribution in [-0.4, -0.2) is 52.9 Å². The minimum absolute atomic E-state index is 0.00713. The second-order valence-corrected chi connectivity index (χ2v) is 6.46. The summed E-state index contributed by atoms with van der Waals surface area (Å²) in [7, 11) is 3.68. The third-order valence-corrected chi connectivity index (χ3v) is 3.80. The number of aromatic nitrogens is 2. The lowest BCUT2D eigenvalue weighted by molar-refractivity contribution is 0.233. The highest BCUT2D eigenvalue weighted by atomic mass is 16.3. The zero-order valence-electron chi connectivity index (χ0n) is 15.2. The van der Waals surface area contributed by atoms with Crippen molar-refractivity contribution in [3.63, 3.8) is 0 Å². The standard InChI is InChI=1S/C16H29N7O/c1-6-7-19-12-9-23(18-5)8-11-13(12)20-15(17-4)21-14(11)22-16(2,3)10-24/h9,18-19,24H,6-8,10H2,1-5H3,(H2,17,20,21,22). The molecule has 2 rings (SSSR count). The molecule has 134 valence electrons. The SMILES string of the molecule is CCCNC1=CN(NC)Cc2c(NC(C)(C)CO)nc(NC)nc21. The first-order valence-electron chi connectivity index (χ1n) is 8.32. The summed E-state index contributed by atoms with van der Waals surface area (Å²) in [4.78, 5) is 9.21. The Kier molecular flexibility index (Phi) is 5.84. The molecule has 0 spiro atoms. The Labute approximate surface area is 143 Å². The maximum Gasteiger partial charge on any atom is 0.225 e. The van der Waals surface area contributed by atoms with Gasteiger partial charge in [0.25, 0.3) is 0 Å². The van der Waals surface area contributed by atoms with Crippen LogP contribution in [0.15, 0.2) is 6.20 Å². The van der Waals surface area contributed by atoms with E-state index in [1.165, 1.54) is 0 Å². The van der Waals surface area contributed by atoms with Gasteiger partial charge in [0.2, 0.25) is 5.95 Å². The Bertz CT molecular complexity index is 600. The van der Waals surface area contributed by atoms with Gasteiger partial charge in [0, 0.05) is 32.4 Å². The highest BCUT2D eigenvalue weighted by molar-refractivity contribution is 5.71. The monoisotopic (exact) mass is 335 g/mol. The van der Waals surface area contributed by atoms with Crippen molar-refractivity contribution in [2.45, 2.75) is 39.3 Å². The smallest absolute Gasteiger partial charge is 0.225 e. The Morgan fingerprint density at radius 2 is 2.04 bits per heavy atom. The third-order valence-electron chi connectivity index (χ3n) is 3.80. The van der Waals surface area contributed by atoms with E-state index in [2.05, 4.69) is 38.3 Å². The van der Waals surface area contributed by atoms with Crippen LogP contribution in [-0.2, 0) is 6.54 Å². The molecule has 24 heavy (non-hydrogen) atoms. The summed E-state index contributed by atoms with van der Waals surface area (Å²) in [6.07, 6.45) is 3.05. The number of nitrogens with one attached hydrogen (secondary N) is 4. The molecule has 0 fully saturated rings. The number of aliphatic hydroxyl groups excluding tert-OH is 1. The predicted octanol–water partition coefficient (Wildman–Crippen LogP) is 0.949. The van der Waals surface area contributed by atoms with Gasteiger partial charge in [0.1, 0.15) is 11.5 Å². The van der Waals surface area contributed by atoms with Gasteiger partial charge in [-0.25, -0.2) is 10.4 Å². The third kappa shape index (κ3) is 4.07. The summed E-state index contributed by atoms with van der Waals surface area (Å²) in [5.41, 5.74) is 5.50. The minimum atomic E-state index is -0.476. The maximum absolute atomic E-state index is 9.58. The molecule has 0 radical (unpaired) electrons. The van der Waals surface area contributed by atoms with Crippen LogP contribution in [0, 0.1) is 0 Å². The molecule has 2 heterocycles. The number of rotatable bonds is 8. The molecular weight excluding hydrogens is 306 g/mol. The van der Waals surface area contributed by atoms with Crippen LogP contribution in [0.2, 0.25) is 0 Å². The van der Waals surface area contributed by atoms with Gasteiger partial charge < -0.3 is 26.1 Å². The molecule has 1 aliphatic heterocycles. The molecule has 0 saturated heterocycles. The van der Waals surface area contributed by atoms with E-state index in [0.29, 0.717) is 12.5 Å². The number of nitrogens with zero attached hydrogens (tertiary/aromatic N) is 3. The summed E-state index contributed by atoms with van der Waals surface area (Å²) >= 11 is 0. The molecular formula is C16H29N7O. The molecule has 0 atom stereocenters. The Morgan fingerprint density at radius 3 is 2.62 bits per heavy atom. The Hall–Kier alpha value is -2.06. The molecule has 8 heteroatoms. The van der Waals surface area contributed by atoms with Gasteiger partial charge in [-0.05, 0) is 20.3 Å². The van der Waals surface area contributed by atoms with Gasteiger partial charge in [0.15, 0.2) is 0 Å². The van der Waals surface area contributed by atoms with E-state index in [9.17, 15) is 5.11 Å². The van der Waals surface area contributed by atoms with Crippen molar-refractivity contribution in [2.75, 3.05) is 37.9 Å². The Balaban J connectivity index is 2.50. The lowest BCUT2D eigenvalue weighted by Gasteiger charge is -2.32. The molecule has 0 aromatic carbocycles. The second-order valence-electron chi connectivity index (χ2n) is 6.46. The highest BCUT2D eigenvalue weighted by Crippen LogP contribution is 2.30. The number of hydrogen-bond donors (Lipinski definition) is 5. The van der Waals surface area contributed by atoms with Gasteiger partial charge >= 0.3 is 0 Å². The van der Waals surface area contributed by atoms with Crippen molar-refractivity contribution >= 4 is 17.5 Å². The lowest BCUT2D eigenvalue weighted by Crippen LogP contribution is -2.39. The number of hydrogen-bond acceptors (Lipinski definition) is 8. The molecule has 0 amide bonds. The van der Waals surface area contributed by atoms with Crippen molar-refractivity contribution in [3.8, 4) is 0 Å². The summed E-state index contributed by atoms with van der Waals surface area (Å²) in [6, 6.07) is 0. The summed E-state index contributed by atoms with van der Waals surface area (Å²) in [6.45, 7) is 7.51. The quantitative estimate of drug-likeness (QED) is 0.479. The lowest BCUT2D eigenvalue weighted by atomic mass is 10.0. The molecule has 0 saturated carbocycles. The van der Waals surface area contributed by atoms with E-state index in [1.807, 2.05) is 32.1 Å². The fourth-order valence-corrected chi connectivity index (χ4v) is 2.40. The van der Waals surface area contributed by atoms with Crippen LogP contribution in [0.25, 0.3) is 5.70 Å². The van der Waals surface area contributed by atoms with E-state index in [1.54, 1.807) is 7.05 Å². The molecule has 5 N–H and O–H groups in total. The molecule has 1 aliphatic rings. The van der Waals surface area contributed by atoms with Crippen LogP contribution in [0.1, 0.15) is 38.4 Å². The van der Waals surface area contributed by atoms with E-state index in [-0.39, 0.29) is 6.61 Å². The first kappa shape index (κ1) is 18.3. The molecule has 0 bridgehead atoms. The van der Waals surface area contributed by atoms with Gasteiger partial charge in [-0.1, -0.05) is 6.92 Å². The molecule has 1 aromatic rings. The van der Waals surface area contributed by atoms with E-state index in [0.717, 1.165) is 35.7 Å². The summed E-state index contributed by atoms with van der Waals surface area (Å²) < 4.78 is 0. The first-order chi connectivity index (χ1) is 11.4. The van der Waals surface area contributed by atoms with Crippen LogP contribution >= 0.6 is 0 Å². The molecule has 0 unspecified atom stereocenters. The molecule has 1 aromatic heterocycles. The number of hydrazine groups is 1. The summed E-state index contributed by atoms with van der Waals surface area (Å²) in [5, 5.41) is 21.4. The van der Waals surface area contributed by atoms with Crippen molar-refractivity contribution in [1.29, 1.82) is 0 Å². The zero-order chi connectivity index (χ0) is 17.7. The van der Waals surface area contributed by atoms with Crippen LogP contribution in [0.3, 0.4) is 0 Å². The topological polar surface area (TPSA) is 97.4 Å². The predicted molar refractivity (Wildman–Crippen MR) is 97.2 cm³/mol. The van der Waals surface area contributed by atoms with Crippen molar-refractivity contribution < 1.29 is 5.11 Å². The van der Waals surface area contributed by atoms with Crippen molar-refractivity contribution in [1.82, 2.24) is 25.7 Å². The highest BCUT2D eigenvalue weighted by Gasteiger charge is 2.26. The van der Waals surface area contributed by atoms with Gasteiger partial charge in [0.05, 0.1) is 24.4 Å². The number of fused-ring (bicyclic) bond motifs is 1. The average Bonchev–Trinajstić information content (AvgIpc) is 2.59. The van der Waals surface area contributed by atoms with Crippen LogP contribution in [0.5, 0.6) is 0 Å². The van der Waals surface area contributed by atoms with E-state index >= 15 is 0 Å². The summed E-state index contributed by atoms with van der Waals surface area (Å²) in [5.74, 6) is 1.28. The minimum Gasteiger partial charge on any atom is -0.394 e. The number of aliphatic hydroxyl groups is 1. The Morgan fingerprint density at radius 1 is 1.29 bits per heavy atom. The van der Waals surface area contributed by atoms with E-state index < -0.39 is 5.54 Å². The zero-order valence-corrected chi connectivity index (χ0v) is 15.2. The van der Waals surface area contributed by atoms with Gasteiger partial charge in [-0.3, -0.25) is 0 Å². The largest absolute Gasteiger partial charge is 0.394 e. The first-order valence-corrected chi connectivity index (χ1v) is 8.32. The fourth-order valence-electron chi connectivity index (χ4n) is 2.40. The average molecular weight is 335 g/mol. The molecule has 8 nitrogen and oxygen atoms in total. The van der Waals surface area contributed by atoms with Gasteiger partial charge in [-0.2, -0.15) is 4.98 Å². The normalized spacial score (nSPS) is 14.1. The van der Waals surface area contributed by atoms with Crippen LogP contribution in [0.4, 0.5) is 11.8 Å². The molecule has 0 aliphatic carbocycles. The number of anilines is 2. The second kappa shape index (κ2) is 7.67. The van der Waals surface area contributed by atoms with Crippen LogP contribution < -0.4 is 21.4 Å².